The Balaban J connectivity index is 1.60. The maximum atomic E-state index is 12.7. The molecule has 1 atom stereocenters. The molecule has 1 heterocycles. The van der Waals surface area contributed by atoms with E-state index in [1.165, 1.54) is 24.8 Å². The Labute approximate surface area is 224 Å². The molecule has 1 aromatic carbocycles. The van der Waals surface area contributed by atoms with Crippen molar-refractivity contribution in [2.24, 2.45) is 11.3 Å². The highest BCUT2D eigenvalue weighted by Gasteiger charge is 2.37. The second-order valence-corrected chi connectivity index (χ2v) is 13.2. The third kappa shape index (κ3) is 9.16. The fourth-order valence-corrected chi connectivity index (χ4v) is 5.88. The quantitative estimate of drug-likeness (QED) is 0.158. The predicted octanol–water partition coefficient (Wildman–Crippen LogP) is 7.08. The molecule has 1 saturated carbocycles. The van der Waals surface area contributed by atoms with Crippen LogP contribution in [0.25, 0.3) is 0 Å². The standard InChI is InChI=1S/C28H42IN3O3/c1-27(2,3)18-21-15-22(16-21)25-26(29)32(31-30-25)23(17-24(33)35-28(4,5)6)13-10-14-34-19-20-11-8-7-9-12-20/h7-9,11-12,21-23H,10,13-19H2,1-6H3/t21-,22+,23-/m0/s1. The molecule has 0 aliphatic heterocycles. The number of nitrogens with zero attached hydrogens (tertiary/aromatic N) is 3. The van der Waals surface area contributed by atoms with Crippen molar-refractivity contribution in [2.75, 3.05) is 6.61 Å². The van der Waals surface area contributed by atoms with Gasteiger partial charge in [0.1, 0.15) is 9.30 Å². The topological polar surface area (TPSA) is 66.2 Å². The van der Waals surface area contributed by atoms with Crippen molar-refractivity contribution in [1.82, 2.24) is 15.0 Å². The van der Waals surface area contributed by atoms with E-state index in [1.54, 1.807) is 0 Å². The van der Waals surface area contributed by atoms with Gasteiger partial charge >= 0.3 is 5.97 Å². The van der Waals surface area contributed by atoms with E-state index in [-0.39, 0.29) is 18.4 Å². The number of hydrogen-bond donors (Lipinski definition) is 0. The van der Waals surface area contributed by atoms with Gasteiger partial charge in [-0.2, -0.15) is 0 Å². The predicted molar refractivity (Wildman–Crippen MR) is 147 cm³/mol. The highest BCUT2D eigenvalue weighted by molar-refractivity contribution is 14.1. The molecule has 0 radical (unpaired) electrons. The van der Waals surface area contributed by atoms with E-state index in [1.807, 2.05) is 43.7 Å². The van der Waals surface area contributed by atoms with Gasteiger partial charge in [-0.1, -0.05) is 56.3 Å². The van der Waals surface area contributed by atoms with Crippen LogP contribution in [-0.2, 0) is 20.9 Å². The van der Waals surface area contributed by atoms with Gasteiger partial charge < -0.3 is 9.47 Å². The lowest BCUT2D eigenvalue weighted by molar-refractivity contribution is -0.156. The number of rotatable bonds is 11. The van der Waals surface area contributed by atoms with Gasteiger partial charge in [0, 0.05) is 12.5 Å². The average Bonchev–Trinajstić information content (AvgIpc) is 3.09. The zero-order valence-electron chi connectivity index (χ0n) is 22.2. The van der Waals surface area contributed by atoms with Crippen molar-refractivity contribution in [1.29, 1.82) is 0 Å². The number of halogens is 1. The summed E-state index contributed by atoms with van der Waals surface area (Å²) in [5, 5.41) is 9.10. The Kier molecular flexibility index (Phi) is 9.77. The van der Waals surface area contributed by atoms with Crippen molar-refractivity contribution in [2.45, 2.75) is 104 Å². The summed E-state index contributed by atoms with van der Waals surface area (Å²) >= 11 is 2.36. The monoisotopic (exact) mass is 595 g/mol. The first-order valence-corrected chi connectivity index (χ1v) is 13.9. The SMILES string of the molecule is CC(C)(C)C[C@H]1C[C@@H](c2nnn([C@@H](CCCOCc3ccccc3)CC(=O)OC(C)(C)C)c2I)C1. The molecule has 194 valence electrons. The van der Waals surface area contributed by atoms with Crippen LogP contribution in [0.1, 0.15) is 103 Å². The summed E-state index contributed by atoms with van der Waals surface area (Å²) in [4.78, 5) is 12.7. The minimum atomic E-state index is -0.505. The van der Waals surface area contributed by atoms with E-state index >= 15 is 0 Å². The maximum Gasteiger partial charge on any atom is 0.308 e. The second kappa shape index (κ2) is 12.2. The third-order valence-electron chi connectivity index (χ3n) is 6.29. The number of carbonyl (C=O) groups is 1. The fraction of sp³-hybridized carbons (Fsp3) is 0.679. The molecule has 3 rings (SSSR count). The van der Waals surface area contributed by atoms with E-state index in [0.29, 0.717) is 24.5 Å². The Morgan fingerprint density at radius 2 is 1.83 bits per heavy atom. The first-order chi connectivity index (χ1) is 16.4. The zero-order valence-corrected chi connectivity index (χ0v) is 24.4. The van der Waals surface area contributed by atoms with Crippen LogP contribution >= 0.6 is 22.6 Å². The number of hydrogen-bond acceptors (Lipinski definition) is 5. The molecule has 1 aliphatic rings. The molecule has 1 aromatic heterocycles. The van der Waals surface area contributed by atoms with Gasteiger partial charge in [-0.05, 0) is 92.4 Å². The molecular formula is C28H42IN3O3. The summed E-state index contributed by atoms with van der Waals surface area (Å²) in [5.74, 6) is 1.04. The Bertz CT molecular complexity index is 941. The van der Waals surface area contributed by atoms with Gasteiger partial charge in [-0.15, -0.1) is 5.10 Å². The van der Waals surface area contributed by atoms with Crippen LogP contribution in [-0.4, -0.2) is 33.2 Å². The first kappa shape index (κ1) is 28.1. The molecule has 7 heteroatoms. The Morgan fingerprint density at radius 3 is 2.46 bits per heavy atom. The van der Waals surface area contributed by atoms with Crippen LogP contribution in [0.5, 0.6) is 0 Å². The van der Waals surface area contributed by atoms with E-state index in [2.05, 4.69) is 65.8 Å². The molecule has 2 aromatic rings. The highest BCUT2D eigenvalue weighted by atomic mass is 127. The molecule has 1 aliphatic carbocycles. The molecular weight excluding hydrogens is 553 g/mol. The van der Waals surface area contributed by atoms with Gasteiger partial charge in [0.15, 0.2) is 0 Å². The largest absolute Gasteiger partial charge is 0.460 e. The lowest BCUT2D eigenvalue weighted by atomic mass is 9.67. The van der Waals surface area contributed by atoms with Crippen molar-refractivity contribution in [3.63, 3.8) is 0 Å². The smallest absolute Gasteiger partial charge is 0.308 e. The van der Waals surface area contributed by atoms with Crippen molar-refractivity contribution < 1.29 is 14.3 Å². The average molecular weight is 596 g/mol. The Hall–Kier alpha value is -1.48. The normalized spacial score (nSPS) is 19.3. The number of aromatic nitrogens is 3. The lowest BCUT2D eigenvalue weighted by Gasteiger charge is -2.38. The summed E-state index contributed by atoms with van der Waals surface area (Å²) in [6.45, 7) is 13.9. The van der Waals surface area contributed by atoms with Crippen LogP contribution in [0, 0.1) is 15.0 Å². The fourth-order valence-electron chi connectivity index (χ4n) is 4.84. The lowest BCUT2D eigenvalue weighted by Crippen LogP contribution is -2.27. The van der Waals surface area contributed by atoms with Crippen LogP contribution < -0.4 is 0 Å². The molecule has 0 bridgehead atoms. The minimum Gasteiger partial charge on any atom is -0.460 e. The molecule has 1 fully saturated rings. The molecule has 6 nitrogen and oxygen atoms in total. The maximum absolute atomic E-state index is 12.7. The first-order valence-electron chi connectivity index (χ1n) is 12.9. The summed E-state index contributed by atoms with van der Waals surface area (Å²) < 4.78 is 14.5. The van der Waals surface area contributed by atoms with E-state index < -0.39 is 5.60 Å². The highest BCUT2D eigenvalue weighted by Crippen LogP contribution is 2.47. The zero-order chi connectivity index (χ0) is 25.6. The van der Waals surface area contributed by atoms with Crippen LogP contribution in [0.15, 0.2) is 30.3 Å². The number of esters is 1. The van der Waals surface area contributed by atoms with Gasteiger partial charge in [0.05, 0.1) is 24.8 Å². The molecule has 0 amide bonds. The van der Waals surface area contributed by atoms with E-state index in [0.717, 1.165) is 28.2 Å². The molecule has 0 spiro atoms. The summed E-state index contributed by atoms with van der Waals surface area (Å²) in [6, 6.07) is 10.1. The Morgan fingerprint density at radius 1 is 1.14 bits per heavy atom. The molecule has 35 heavy (non-hydrogen) atoms. The molecule has 0 N–H and O–H groups in total. The summed E-state index contributed by atoms with van der Waals surface area (Å²) in [6.07, 6.45) is 5.50. The van der Waals surface area contributed by atoms with E-state index in [4.69, 9.17) is 9.47 Å². The van der Waals surface area contributed by atoms with Crippen LogP contribution in [0.3, 0.4) is 0 Å². The van der Waals surface area contributed by atoms with Gasteiger partial charge in [0.2, 0.25) is 0 Å². The second-order valence-electron chi connectivity index (χ2n) is 12.1. The van der Waals surface area contributed by atoms with E-state index in [9.17, 15) is 4.79 Å². The molecule has 0 unspecified atom stereocenters. The molecule has 0 saturated heterocycles. The third-order valence-corrected chi connectivity index (χ3v) is 7.34. The van der Waals surface area contributed by atoms with Crippen molar-refractivity contribution in [3.05, 3.63) is 45.3 Å². The van der Waals surface area contributed by atoms with Crippen molar-refractivity contribution in [3.8, 4) is 0 Å². The van der Waals surface area contributed by atoms with Gasteiger partial charge in [-0.25, -0.2) is 4.68 Å². The summed E-state index contributed by atoms with van der Waals surface area (Å²) in [5.41, 5.74) is 2.11. The van der Waals surface area contributed by atoms with Crippen LogP contribution in [0.2, 0.25) is 0 Å². The van der Waals surface area contributed by atoms with Crippen LogP contribution in [0.4, 0.5) is 0 Å². The number of benzene rings is 1. The number of ether oxygens (including phenoxy) is 2. The number of carbonyl (C=O) groups excluding carboxylic acids is 1. The van der Waals surface area contributed by atoms with Gasteiger partial charge in [-0.3, -0.25) is 4.79 Å². The summed E-state index contributed by atoms with van der Waals surface area (Å²) in [7, 11) is 0. The minimum absolute atomic E-state index is 0.0937. The van der Waals surface area contributed by atoms with Gasteiger partial charge in [0.25, 0.3) is 0 Å². The van der Waals surface area contributed by atoms with Crippen molar-refractivity contribution >= 4 is 28.6 Å².